The standard InChI is InChI=1S/C34H40Cl2N6O5/c1-5-19(3)27(40-33(45)46-17-21-10-8-7-9-11-21)30(43)41-34(32(44)39-28(20(4)6-2)31-42-37-18-47-31)13-12-26-24(16-34)23-14-22(35)15-25(36)29(23)38-26/h7-11,14-15,18-20,27-28,38H,5-6,12-13,16-17H2,1-4H3,(H,39,44)(H,40,45)(H,41,43)/t19?,20?,27-,28-,34-/m0/s1. The van der Waals surface area contributed by atoms with Gasteiger partial charge in [0, 0.05) is 22.5 Å². The normalized spacial score (nSPS) is 18.4. The van der Waals surface area contributed by atoms with Crippen molar-refractivity contribution in [3.63, 3.8) is 0 Å². The molecule has 4 N–H and O–H groups in total. The van der Waals surface area contributed by atoms with Crippen molar-refractivity contribution >= 4 is 52.0 Å². The summed E-state index contributed by atoms with van der Waals surface area (Å²) in [5.74, 6) is -0.946. The lowest BCUT2D eigenvalue weighted by atomic mass is 9.78. The van der Waals surface area contributed by atoms with E-state index in [1.165, 1.54) is 6.39 Å². The van der Waals surface area contributed by atoms with Crippen LogP contribution in [0.3, 0.4) is 0 Å². The van der Waals surface area contributed by atoms with E-state index in [4.69, 9.17) is 32.4 Å². The number of hydrogen-bond acceptors (Lipinski definition) is 7. The first-order valence-electron chi connectivity index (χ1n) is 15.9. The third kappa shape index (κ3) is 7.57. The van der Waals surface area contributed by atoms with Crippen molar-refractivity contribution in [2.24, 2.45) is 11.8 Å². The molecule has 5 rings (SSSR count). The zero-order chi connectivity index (χ0) is 33.7. The summed E-state index contributed by atoms with van der Waals surface area (Å²) in [6, 6.07) is 11.2. The molecule has 0 saturated carbocycles. The average Bonchev–Trinajstić information content (AvgIpc) is 3.73. The maximum absolute atomic E-state index is 14.5. The van der Waals surface area contributed by atoms with Crippen LogP contribution in [0.25, 0.3) is 10.9 Å². The van der Waals surface area contributed by atoms with Crippen LogP contribution < -0.4 is 16.0 Å². The molecule has 2 aromatic heterocycles. The van der Waals surface area contributed by atoms with Gasteiger partial charge >= 0.3 is 6.09 Å². The van der Waals surface area contributed by atoms with Crippen LogP contribution in [0.1, 0.15) is 75.7 Å². The Morgan fingerprint density at radius 3 is 2.49 bits per heavy atom. The summed E-state index contributed by atoms with van der Waals surface area (Å²) in [6.07, 6.45) is 2.68. The molecule has 5 atom stereocenters. The fraction of sp³-hybridized carbons (Fsp3) is 0.441. The summed E-state index contributed by atoms with van der Waals surface area (Å²) in [5, 5.41) is 18.5. The molecule has 13 heteroatoms. The van der Waals surface area contributed by atoms with Crippen molar-refractivity contribution in [1.82, 2.24) is 31.1 Å². The van der Waals surface area contributed by atoms with E-state index in [-0.39, 0.29) is 37.2 Å². The van der Waals surface area contributed by atoms with Gasteiger partial charge in [-0.25, -0.2) is 4.79 Å². The number of halogens is 2. The number of nitrogens with zero attached hydrogens (tertiary/aromatic N) is 2. The van der Waals surface area contributed by atoms with Crippen molar-refractivity contribution in [2.75, 3.05) is 0 Å². The summed E-state index contributed by atoms with van der Waals surface area (Å²) in [5.41, 5.74) is 1.88. The fourth-order valence-corrected chi connectivity index (χ4v) is 6.56. The molecule has 1 aliphatic rings. The molecule has 250 valence electrons. The molecular formula is C34H40Cl2N6O5. The average molecular weight is 684 g/mol. The second-order valence-electron chi connectivity index (χ2n) is 12.3. The summed E-state index contributed by atoms with van der Waals surface area (Å²) in [4.78, 5) is 45.1. The number of aryl methyl sites for hydroxylation is 1. The number of nitrogens with one attached hydrogen (secondary N) is 4. The highest BCUT2D eigenvalue weighted by Crippen LogP contribution is 2.39. The largest absolute Gasteiger partial charge is 0.445 e. The van der Waals surface area contributed by atoms with Crippen molar-refractivity contribution in [1.29, 1.82) is 0 Å². The van der Waals surface area contributed by atoms with Gasteiger partial charge in [-0.05, 0) is 47.9 Å². The number of H-pyrrole nitrogens is 1. The number of benzene rings is 2. The highest BCUT2D eigenvalue weighted by Gasteiger charge is 2.47. The predicted molar refractivity (Wildman–Crippen MR) is 179 cm³/mol. The van der Waals surface area contributed by atoms with Crippen LogP contribution in [0, 0.1) is 11.8 Å². The maximum Gasteiger partial charge on any atom is 0.408 e. The molecular weight excluding hydrogens is 643 g/mol. The Hall–Kier alpha value is -4.09. The summed E-state index contributed by atoms with van der Waals surface area (Å²) >= 11 is 12.9. The van der Waals surface area contributed by atoms with E-state index in [2.05, 4.69) is 31.1 Å². The predicted octanol–water partition coefficient (Wildman–Crippen LogP) is 6.45. The van der Waals surface area contributed by atoms with Crippen LogP contribution in [0.15, 0.2) is 53.3 Å². The van der Waals surface area contributed by atoms with Gasteiger partial charge in [0.2, 0.25) is 24.1 Å². The summed E-state index contributed by atoms with van der Waals surface area (Å²) in [6.45, 7) is 7.83. The lowest BCUT2D eigenvalue weighted by Crippen LogP contribution is -2.65. The Bertz CT molecular complexity index is 1710. The molecule has 2 heterocycles. The highest BCUT2D eigenvalue weighted by molar-refractivity contribution is 6.38. The third-order valence-electron chi connectivity index (χ3n) is 9.22. The number of fused-ring (bicyclic) bond motifs is 3. The van der Waals surface area contributed by atoms with Gasteiger partial charge in [0.05, 0.1) is 10.5 Å². The second kappa shape index (κ2) is 14.8. The monoisotopic (exact) mass is 682 g/mol. The Morgan fingerprint density at radius 1 is 1.06 bits per heavy atom. The molecule has 0 bridgehead atoms. The minimum absolute atomic E-state index is 0.0501. The van der Waals surface area contributed by atoms with Gasteiger partial charge in [0.25, 0.3) is 0 Å². The number of aromatic nitrogens is 3. The van der Waals surface area contributed by atoms with E-state index in [0.717, 1.165) is 28.6 Å². The molecule has 0 saturated heterocycles. The first kappa shape index (κ1) is 34.3. The van der Waals surface area contributed by atoms with Crippen LogP contribution in [0.4, 0.5) is 4.79 Å². The van der Waals surface area contributed by atoms with E-state index in [1.807, 2.05) is 58.0 Å². The van der Waals surface area contributed by atoms with Crippen molar-refractivity contribution < 1.29 is 23.5 Å². The number of carbonyl (C=O) groups is 3. The lowest BCUT2D eigenvalue weighted by molar-refractivity contribution is -0.136. The number of hydrogen-bond donors (Lipinski definition) is 4. The molecule has 11 nitrogen and oxygen atoms in total. The summed E-state index contributed by atoms with van der Waals surface area (Å²) in [7, 11) is 0. The minimum Gasteiger partial charge on any atom is -0.445 e. The zero-order valence-electron chi connectivity index (χ0n) is 26.9. The van der Waals surface area contributed by atoms with Crippen molar-refractivity contribution in [2.45, 2.75) is 84.0 Å². The molecule has 0 aliphatic heterocycles. The quantitative estimate of drug-likeness (QED) is 0.134. The second-order valence-corrected chi connectivity index (χ2v) is 13.2. The number of alkyl carbamates (subject to hydrolysis) is 1. The first-order valence-corrected chi connectivity index (χ1v) is 16.7. The van der Waals surface area contributed by atoms with E-state index in [9.17, 15) is 14.4 Å². The van der Waals surface area contributed by atoms with Crippen LogP contribution in [-0.4, -0.2) is 44.7 Å². The number of carbonyl (C=O) groups excluding carboxylic acids is 3. The van der Waals surface area contributed by atoms with Gasteiger partial charge in [0.15, 0.2) is 0 Å². The van der Waals surface area contributed by atoms with Gasteiger partial charge < -0.3 is 30.1 Å². The molecule has 0 spiro atoms. The number of amides is 3. The van der Waals surface area contributed by atoms with E-state index >= 15 is 0 Å². The van der Waals surface area contributed by atoms with Crippen molar-refractivity contribution in [3.05, 3.63) is 81.6 Å². The number of rotatable bonds is 12. The molecule has 0 fully saturated rings. The molecule has 3 amide bonds. The van der Waals surface area contributed by atoms with E-state index < -0.39 is 35.5 Å². The van der Waals surface area contributed by atoms with Gasteiger partial charge in [-0.15, -0.1) is 10.2 Å². The SMILES string of the molecule is CCC(C)[C@H](NC(=O)OCc1ccccc1)C(=O)N[C@@]1(C(=O)N[C@H](c2nnco2)C(C)CC)CCc2[nH]c3c(Cl)cc(Cl)cc3c2C1. The smallest absolute Gasteiger partial charge is 0.408 e. The maximum atomic E-state index is 14.5. The molecule has 2 unspecified atom stereocenters. The molecule has 4 aromatic rings. The lowest BCUT2D eigenvalue weighted by Gasteiger charge is -2.39. The van der Waals surface area contributed by atoms with Crippen LogP contribution in [0.5, 0.6) is 0 Å². The molecule has 1 aliphatic carbocycles. The number of aromatic amines is 1. The molecule has 2 aromatic carbocycles. The third-order valence-corrected chi connectivity index (χ3v) is 9.74. The van der Waals surface area contributed by atoms with Gasteiger partial charge in [-0.3, -0.25) is 9.59 Å². The van der Waals surface area contributed by atoms with Gasteiger partial charge in [-0.1, -0.05) is 94.1 Å². The van der Waals surface area contributed by atoms with Crippen molar-refractivity contribution in [3.8, 4) is 0 Å². The Labute approximate surface area is 283 Å². The first-order chi connectivity index (χ1) is 22.5. The van der Waals surface area contributed by atoms with E-state index in [1.54, 1.807) is 12.1 Å². The van der Waals surface area contributed by atoms with Crippen LogP contribution in [0.2, 0.25) is 10.0 Å². The van der Waals surface area contributed by atoms with E-state index in [0.29, 0.717) is 28.4 Å². The van der Waals surface area contributed by atoms with Gasteiger partial charge in [0.1, 0.15) is 24.2 Å². The minimum atomic E-state index is -1.40. The topological polar surface area (TPSA) is 151 Å². The van der Waals surface area contributed by atoms with Crippen LogP contribution in [-0.2, 0) is 33.8 Å². The number of ether oxygens (including phenoxy) is 1. The zero-order valence-corrected chi connectivity index (χ0v) is 28.4. The molecule has 0 radical (unpaired) electrons. The van der Waals surface area contributed by atoms with Crippen LogP contribution >= 0.6 is 23.2 Å². The fourth-order valence-electron chi connectivity index (χ4n) is 6.02. The molecule has 47 heavy (non-hydrogen) atoms. The summed E-state index contributed by atoms with van der Waals surface area (Å²) < 4.78 is 11.0. The Kier molecular flexibility index (Phi) is 10.8. The highest BCUT2D eigenvalue weighted by atomic mass is 35.5. The Balaban J connectivity index is 1.47. The van der Waals surface area contributed by atoms with Gasteiger partial charge in [-0.2, -0.15) is 0 Å². The Morgan fingerprint density at radius 2 is 1.81 bits per heavy atom.